The van der Waals surface area contributed by atoms with Crippen molar-refractivity contribution in [3.8, 4) is 0 Å². The van der Waals surface area contributed by atoms with Crippen LogP contribution < -0.4 is 5.73 Å². The zero-order valence-electron chi connectivity index (χ0n) is 28.1. The molecule has 6 atom stereocenters. The molecular formula is C40H59NO3S2. The highest BCUT2D eigenvalue weighted by Crippen LogP contribution is 2.40. The van der Waals surface area contributed by atoms with Gasteiger partial charge in [0.1, 0.15) is 0 Å². The zero-order valence-corrected chi connectivity index (χ0v) is 29.7. The van der Waals surface area contributed by atoms with Crippen LogP contribution in [-0.4, -0.2) is 34.6 Å². The van der Waals surface area contributed by atoms with Crippen molar-refractivity contribution in [2.24, 2.45) is 41.2 Å². The van der Waals surface area contributed by atoms with Crippen LogP contribution >= 0.6 is 21.6 Å². The van der Waals surface area contributed by atoms with E-state index in [1.807, 2.05) is 21.6 Å². The first-order chi connectivity index (χ1) is 22.5. The summed E-state index contributed by atoms with van der Waals surface area (Å²) in [5.41, 5.74) is 10.3. The topological polar surface area (TPSA) is 83.5 Å². The summed E-state index contributed by atoms with van der Waals surface area (Å²) in [7, 11) is 3.98. The number of hydrogen-bond acceptors (Lipinski definition) is 5. The molecule has 254 valence electrons. The minimum absolute atomic E-state index is 0.127. The Kier molecular flexibility index (Phi) is 16.6. The van der Waals surface area contributed by atoms with Crippen molar-refractivity contribution < 1.29 is 15.0 Å². The van der Waals surface area contributed by atoms with Gasteiger partial charge in [0.25, 0.3) is 0 Å². The van der Waals surface area contributed by atoms with E-state index in [0.717, 1.165) is 62.4 Å². The summed E-state index contributed by atoms with van der Waals surface area (Å²) in [6.07, 6.45) is 20.0. The van der Waals surface area contributed by atoms with E-state index in [4.69, 9.17) is 5.73 Å². The Morgan fingerprint density at radius 2 is 1.59 bits per heavy atom. The first-order valence-electron chi connectivity index (χ1n) is 18.1. The van der Waals surface area contributed by atoms with Crippen LogP contribution in [0.25, 0.3) is 0 Å². The van der Waals surface area contributed by atoms with Crippen molar-refractivity contribution in [2.45, 2.75) is 109 Å². The monoisotopic (exact) mass is 665 g/mol. The van der Waals surface area contributed by atoms with Crippen LogP contribution in [0.5, 0.6) is 0 Å². The fourth-order valence-electron chi connectivity index (χ4n) is 8.20. The molecule has 2 aliphatic rings. The smallest absolute Gasteiger partial charge is 0.309 e. The number of carboxylic acids is 1. The molecule has 0 bridgehead atoms. The van der Waals surface area contributed by atoms with Crippen molar-refractivity contribution in [1.29, 1.82) is 0 Å². The van der Waals surface area contributed by atoms with Gasteiger partial charge >= 0.3 is 5.97 Å². The third kappa shape index (κ3) is 12.1. The molecule has 1 saturated carbocycles. The maximum Gasteiger partial charge on any atom is 0.309 e. The van der Waals surface area contributed by atoms with Crippen LogP contribution in [0.1, 0.15) is 101 Å². The van der Waals surface area contributed by atoms with Gasteiger partial charge < -0.3 is 15.9 Å². The lowest BCUT2D eigenvalue weighted by Gasteiger charge is -2.35. The minimum Gasteiger partial charge on any atom is -0.481 e. The molecule has 0 saturated heterocycles. The molecule has 4 nitrogen and oxygen atoms in total. The highest BCUT2D eigenvalue weighted by atomic mass is 33.1. The summed E-state index contributed by atoms with van der Waals surface area (Å²) in [6, 6.07) is 19.6. The van der Waals surface area contributed by atoms with E-state index in [1.54, 1.807) is 6.92 Å². The summed E-state index contributed by atoms with van der Waals surface area (Å²) in [4.78, 5) is 12.6. The van der Waals surface area contributed by atoms with Gasteiger partial charge in [-0.15, -0.1) is 0 Å². The number of rotatable bonds is 12. The zero-order chi connectivity index (χ0) is 32.6. The largest absolute Gasteiger partial charge is 0.481 e. The fraction of sp³-hybridized carbons (Fsp3) is 0.625. The molecular weight excluding hydrogens is 607 g/mol. The van der Waals surface area contributed by atoms with Crippen molar-refractivity contribution in [3.63, 3.8) is 0 Å². The van der Waals surface area contributed by atoms with Crippen molar-refractivity contribution in [3.05, 3.63) is 83.4 Å². The first kappa shape index (κ1) is 37.1. The minimum atomic E-state index is -0.905. The second-order valence-corrected chi connectivity index (χ2v) is 16.5. The number of aryl methyl sites for hydroxylation is 1. The maximum absolute atomic E-state index is 12.6. The van der Waals surface area contributed by atoms with Crippen LogP contribution in [0.2, 0.25) is 0 Å². The molecule has 6 heteroatoms. The molecule has 0 radical (unpaired) electrons. The van der Waals surface area contributed by atoms with Gasteiger partial charge in [0.2, 0.25) is 0 Å². The second kappa shape index (κ2) is 20.6. The highest BCUT2D eigenvalue weighted by molar-refractivity contribution is 8.76. The molecule has 1 heterocycles. The second-order valence-electron chi connectivity index (χ2n) is 14.0. The lowest BCUT2D eigenvalue weighted by atomic mass is 9.71. The number of aliphatic hydroxyl groups is 1. The van der Waals surface area contributed by atoms with Crippen LogP contribution in [0.3, 0.4) is 0 Å². The van der Waals surface area contributed by atoms with Crippen LogP contribution in [-0.2, 0) is 23.4 Å². The van der Waals surface area contributed by atoms with Gasteiger partial charge in [-0.05, 0) is 118 Å². The Morgan fingerprint density at radius 1 is 0.870 bits per heavy atom. The van der Waals surface area contributed by atoms with E-state index in [2.05, 4.69) is 66.7 Å². The third-order valence-corrected chi connectivity index (χ3v) is 13.3. The summed E-state index contributed by atoms with van der Waals surface area (Å²) in [5, 5.41) is 21.1. The summed E-state index contributed by atoms with van der Waals surface area (Å²) in [5.74, 6) is 2.32. The number of benzene rings is 2. The highest BCUT2D eigenvalue weighted by Gasteiger charge is 2.37. The van der Waals surface area contributed by atoms with Gasteiger partial charge in [-0.3, -0.25) is 4.79 Å². The Balaban J connectivity index is 1.60. The number of carboxylic acid groups (broad SMARTS) is 1. The molecule has 0 spiro atoms. The van der Waals surface area contributed by atoms with Crippen LogP contribution in [0, 0.1) is 35.5 Å². The number of allylic oxidation sites excluding steroid dienone is 2. The van der Waals surface area contributed by atoms with Gasteiger partial charge in [0.05, 0.1) is 12.0 Å². The number of aliphatic hydroxyl groups excluding tert-OH is 1. The molecule has 1 fully saturated rings. The number of nitrogens with two attached hydrogens (primary N) is 1. The van der Waals surface area contributed by atoms with Gasteiger partial charge in [0, 0.05) is 11.5 Å². The average molecular weight is 666 g/mol. The molecule has 2 aromatic carbocycles. The lowest BCUT2D eigenvalue weighted by molar-refractivity contribution is -0.149. The standard InChI is InChI=1S/C40H59NO3S2/c1-30(42)39(40(43)44)38-24-23-33-19-11-12-20-36(33)28-45-46-29-37(27-32-16-8-3-9-17-32)34(21-22-35(38)25-26-41)18-10-4-7-15-31-13-5-2-6-14-31/h3-4,8-12,16-17,19-20,30-31,34-35,37-39,42H,2,5-7,13-15,18,21-29,41H2,1H3,(H,43,44). The number of hydrogen-bond donors (Lipinski definition) is 3. The van der Waals surface area contributed by atoms with E-state index in [1.165, 1.54) is 61.6 Å². The summed E-state index contributed by atoms with van der Waals surface area (Å²) >= 11 is 0. The molecule has 1 aliphatic carbocycles. The predicted octanol–water partition coefficient (Wildman–Crippen LogP) is 9.74. The Morgan fingerprint density at radius 3 is 2.30 bits per heavy atom. The van der Waals surface area contributed by atoms with E-state index in [0.29, 0.717) is 18.4 Å². The van der Waals surface area contributed by atoms with Crippen LogP contribution in [0.4, 0.5) is 0 Å². The number of carbonyl (C=O) groups is 1. The SMILES string of the molecule is CC(O)C(C(=O)O)C1CCc2ccccc2CSSCC(Cc2ccccc2)C(CC=CCCC2CCCCC2)CCC1CCN. The molecule has 4 N–H and O–H groups in total. The number of aliphatic carboxylic acids is 1. The summed E-state index contributed by atoms with van der Waals surface area (Å²) < 4.78 is 0. The van der Waals surface area contributed by atoms with Crippen LogP contribution in [0.15, 0.2) is 66.7 Å². The Bertz CT molecular complexity index is 1170. The Hall–Kier alpha value is -1.73. The lowest BCUT2D eigenvalue weighted by Crippen LogP contribution is -2.38. The van der Waals surface area contributed by atoms with Gasteiger partial charge in [-0.2, -0.15) is 0 Å². The average Bonchev–Trinajstić information content (AvgIpc) is 3.06. The molecule has 6 unspecified atom stereocenters. The predicted molar refractivity (Wildman–Crippen MR) is 198 cm³/mol. The molecule has 46 heavy (non-hydrogen) atoms. The molecule has 4 rings (SSSR count). The summed E-state index contributed by atoms with van der Waals surface area (Å²) in [6.45, 7) is 2.19. The Labute approximate surface area is 287 Å². The molecule has 1 aliphatic heterocycles. The van der Waals surface area contributed by atoms with Gasteiger partial charge in [-0.1, -0.05) is 120 Å². The number of fused-ring (bicyclic) bond motifs is 1. The maximum atomic E-state index is 12.6. The van der Waals surface area contributed by atoms with E-state index in [-0.39, 0.29) is 11.8 Å². The van der Waals surface area contributed by atoms with E-state index < -0.39 is 18.0 Å². The van der Waals surface area contributed by atoms with E-state index >= 15 is 0 Å². The molecule has 0 aromatic heterocycles. The first-order valence-corrected chi connectivity index (χ1v) is 20.6. The van der Waals surface area contributed by atoms with Crippen molar-refractivity contribution in [1.82, 2.24) is 0 Å². The fourth-order valence-corrected chi connectivity index (χ4v) is 10.8. The van der Waals surface area contributed by atoms with Crippen molar-refractivity contribution >= 4 is 27.6 Å². The molecule has 0 amide bonds. The normalized spacial score (nSPS) is 25.4. The van der Waals surface area contributed by atoms with E-state index in [9.17, 15) is 15.0 Å². The van der Waals surface area contributed by atoms with Crippen molar-refractivity contribution in [2.75, 3.05) is 12.3 Å². The van der Waals surface area contributed by atoms with Gasteiger partial charge in [0.15, 0.2) is 0 Å². The third-order valence-electron chi connectivity index (χ3n) is 10.8. The quantitative estimate of drug-likeness (QED) is 0.155. The molecule has 2 aromatic rings. The van der Waals surface area contributed by atoms with Gasteiger partial charge in [-0.25, -0.2) is 0 Å².